The fourth-order valence-corrected chi connectivity index (χ4v) is 1.99. The Morgan fingerprint density at radius 3 is 2.31 bits per heavy atom. The lowest BCUT2D eigenvalue weighted by atomic mass is 10.1. The molecule has 1 aromatic carbocycles. The predicted octanol–water partition coefficient (Wildman–Crippen LogP) is 2.32. The maximum atomic E-state index is 13.4. The Labute approximate surface area is 94.9 Å². The zero-order chi connectivity index (χ0) is 12.1. The number of benzene rings is 1. The Morgan fingerprint density at radius 2 is 1.81 bits per heavy atom. The van der Waals surface area contributed by atoms with Crippen molar-refractivity contribution in [3.63, 3.8) is 0 Å². The molecule has 89 valence electrons. The van der Waals surface area contributed by atoms with Gasteiger partial charge in [0.05, 0.1) is 6.10 Å². The van der Waals surface area contributed by atoms with Gasteiger partial charge in [-0.15, -0.1) is 0 Å². The van der Waals surface area contributed by atoms with Crippen molar-refractivity contribution in [2.45, 2.75) is 13.0 Å². The second kappa shape index (κ2) is 6.05. The van der Waals surface area contributed by atoms with Gasteiger partial charge in [-0.1, -0.05) is 6.07 Å². The van der Waals surface area contributed by atoms with E-state index in [9.17, 15) is 8.78 Å². The van der Waals surface area contributed by atoms with Crippen molar-refractivity contribution in [3.8, 4) is 0 Å². The molecule has 0 aliphatic rings. The normalized spacial score (nSPS) is 13.1. The summed E-state index contributed by atoms with van der Waals surface area (Å²) in [6.07, 6.45) is -0.547. The van der Waals surface area contributed by atoms with Crippen LogP contribution in [0.2, 0.25) is 0 Å². The van der Waals surface area contributed by atoms with Crippen LogP contribution in [0.3, 0.4) is 0 Å². The molecule has 0 aliphatic heterocycles. The second-order valence-electron chi connectivity index (χ2n) is 3.08. The van der Waals surface area contributed by atoms with E-state index in [1.54, 1.807) is 6.92 Å². The minimum Gasteiger partial charge on any atom is -0.375 e. The van der Waals surface area contributed by atoms with Gasteiger partial charge in [-0.05, 0) is 13.0 Å². The highest BCUT2D eigenvalue weighted by Crippen LogP contribution is 2.21. The molecule has 6 heteroatoms. The molecular weight excluding hydrogens is 234 g/mol. The second-order valence-corrected chi connectivity index (χ2v) is 4.64. The van der Waals surface area contributed by atoms with Gasteiger partial charge in [-0.2, -0.15) is 0 Å². The minimum absolute atomic E-state index is 0.276. The average molecular weight is 247 g/mol. The maximum absolute atomic E-state index is 13.4. The summed E-state index contributed by atoms with van der Waals surface area (Å²) in [7, 11) is 1.04. The molecule has 0 N–H and O–H groups in total. The van der Waals surface area contributed by atoms with Crippen molar-refractivity contribution in [1.29, 1.82) is 0 Å². The highest BCUT2D eigenvalue weighted by molar-refractivity contribution is 6.36. The van der Waals surface area contributed by atoms with Crippen molar-refractivity contribution in [1.82, 2.24) is 0 Å². The number of hydrogen-bond acceptors (Lipinski definition) is 3. The summed E-state index contributed by atoms with van der Waals surface area (Å²) in [5, 5.41) is 0. The largest absolute Gasteiger partial charge is 0.577 e. The molecule has 0 fully saturated rings. The van der Waals surface area contributed by atoms with Crippen LogP contribution in [0, 0.1) is 11.6 Å². The number of rotatable bonds is 5. The van der Waals surface area contributed by atoms with E-state index in [1.165, 1.54) is 26.4 Å². The van der Waals surface area contributed by atoms with E-state index in [-0.39, 0.29) is 5.56 Å². The third-order valence-corrected chi connectivity index (χ3v) is 3.22. The van der Waals surface area contributed by atoms with Gasteiger partial charge < -0.3 is 13.3 Å². The summed E-state index contributed by atoms with van der Waals surface area (Å²) in [4.78, 5) is 0. The molecule has 0 bridgehead atoms. The van der Waals surface area contributed by atoms with Gasteiger partial charge >= 0.3 is 9.53 Å². The van der Waals surface area contributed by atoms with Crippen LogP contribution >= 0.6 is 0 Å². The first-order chi connectivity index (χ1) is 7.58. The fourth-order valence-electron chi connectivity index (χ4n) is 1.22. The molecule has 3 nitrogen and oxygen atoms in total. The Morgan fingerprint density at radius 1 is 1.19 bits per heavy atom. The molecule has 0 aromatic heterocycles. The van der Waals surface area contributed by atoms with Gasteiger partial charge in [0.2, 0.25) is 0 Å². The third kappa shape index (κ3) is 3.34. The van der Waals surface area contributed by atoms with Crippen LogP contribution in [0.4, 0.5) is 8.78 Å². The lowest BCUT2D eigenvalue weighted by Crippen LogP contribution is -2.25. The van der Waals surface area contributed by atoms with E-state index in [2.05, 4.69) is 0 Å². The lowest BCUT2D eigenvalue weighted by molar-refractivity contribution is 0.0933. The molecule has 0 amide bonds. The van der Waals surface area contributed by atoms with Gasteiger partial charge in [0.25, 0.3) is 0 Å². The standard InChI is InChI=1S/C10H13F2O3Si/c1-7(15-16(13-2)14-3)9-5-4-8(11)6-10(9)12/h4-7H,1-3H3. The molecule has 16 heavy (non-hydrogen) atoms. The minimum atomic E-state index is -1.86. The average Bonchev–Trinajstić information content (AvgIpc) is 2.25. The van der Waals surface area contributed by atoms with E-state index >= 15 is 0 Å². The predicted molar refractivity (Wildman–Crippen MR) is 55.6 cm³/mol. The van der Waals surface area contributed by atoms with Crippen molar-refractivity contribution in [2.75, 3.05) is 14.2 Å². The maximum Gasteiger partial charge on any atom is 0.577 e. The first-order valence-electron chi connectivity index (χ1n) is 4.65. The third-order valence-electron chi connectivity index (χ3n) is 2.01. The van der Waals surface area contributed by atoms with Crippen LogP contribution < -0.4 is 0 Å². The van der Waals surface area contributed by atoms with Crippen molar-refractivity contribution in [3.05, 3.63) is 35.4 Å². The first kappa shape index (κ1) is 13.2. The van der Waals surface area contributed by atoms with Crippen LogP contribution in [0.15, 0.2) is 18.2 Å². The molecular formula is C10H13F2O3Si. The highest BCUT2D eigenvalue weighted by atomic mass is 28.3. The molecule has 1 atom stereocenters. The lowest BCUT2D eigenvalue weighted by Gasteiger charge is -2.17. The summed E-state index contributed by atoms with van der Waals surface area (Å²) in [5.74, 6) is -1.25. The highest BCUT2D eigenvalue weighted by Gasteiger charge is 2.22. The molecule has 0 saturated carbocycles. The smallest absolute Gasteiger partial charge is 0.375 e. The van der Waals surface area contributed by atoms with Gasteiger partial charge in [0, 0.05) is 25.8 Å². The van der Waals surface area contributed by atoms with Crippen LogP contribution in [-0.4, -0.2) is 23.7 Å². The Kier molecular flexibility index (Phi) is 5.00. The fraction of sp³-hybridized carbons (Fsp3) is 0.400. The van der Waals surface area contributed by atoms with Crippen molar-refractivity contribution < 1.29 is 22.1 Å². The van der Waals surface area contributed by atoms with E-state index in [1.807, 2.05) is 0 Å². The van der Waals surface area contributed by atoms with Crippen LogP contribution in [0.5, 0.6) is 0 Å². The molecule has 0 saturated heterocycles. The zero-order valence-corrected chi connectivity index (χ0v) is 10.3. The topological polar surface area (TPSA) is 27.7 Å². The van der Waals surface area contributed by atoms with E-state index in [4.69, 9.17) is 13.3 Å². The van der Waals surface area contributed by atoms with Crippen LogP contribution in [0.25, 0.3) is 0 Å². The zero-order valence-electron chi connectivity index (χ0n) is 9.29. The molecule has 1 unspecified atom stereocenters. The quantitative estimate of drug-likeness (QED) is 0.747. The van der Waals surface area contributed by atoms with Crippen molar-refractivity contribution >= 4 is 9.53 Å². The molecule has 1 rings (SSSR count). The summed E-state index contributed by atoms with van der Waals surface area (Å²) < 4.78 is 41.2. The first-order valence-corrected chi connectivity index (χ1v) is 5.87. The van der Waals surface area contributed by atoms with Gasteiger partial charge in [-0.3, -0.25) is 0 Å². The molecule has 1 radical (unpaired) electrons. The Hall–Kier alpha value is -0.823. The number of halogens is 2. The van der Waals surface area contributed by atoms with Gasteiger partial charge in [-0.25, -0.2) is 8.78 Å². The Balaban J connectivity index is 2.76. The molecule has 0 aliphatic carbocycles. The molecule has 0 spiro atoms. The van der Waals surface area contributed by atoms with Gasteiger partial charge in [0.1, 0.15) is 11.6 Å². The summed E-state index contributed by atoms with van der Waals surface area (Å²) in [6.45, 7) is 1.65. The monoisotopic (exact) mass is 247 g/mol. The summed E-state index contributed by atoms with van der Waals surface area (Å²) >= 11 is 0. The number of hydrogen-bond donors (Lipinski definition) is 0. The Bertz CT molecular complexity index is 345. The van der Waals surface area contributed by atoms with E-state index in [0.29, 0.717) is 0 Å². The van der Waals surface area contributed by atoms with E-state index in [0.717, 1.165) is 6.07 Å². The SMILES string of the molecule is CO[Si](OC)OC(C)c1ccc(F)cc1F. The summed E-state index contributed by atoms with van der Waals surface area (Å²) in [5.41, 5.74) is 0.276. The van der Waals surface area contributed by atoms with Crippen LogP contribution in [0.1, 0.15) is 18.6 Å². The van der Waals surface area contributed by atoms with E-state index < -0.39 is 27.3 Å². The van der Waals surface area contributed by atoms with Gasteiger partial charge in [0.15, 0.2) is 0 Å². The summed E-state index contributed by atoms with van der Waals surface area (Å²) in [6, 6.07) is 3.35. The molecule has 1 aromatic rings. The van der Waals surface area contributed by atoms with Crippen molar-refractivity contribution in [2.24, 2.45) is 0 Å². The van der Waals surface area contributed by atoms with Crippen LogP contribution in [-0.2, 0) is 13.3 Å². The molecule has 0 heterocycles.